The Morgan fingerprint density at radius 2 is 2.38 bits per heavy atom. The fourth-order valence-electron chi connectivity index (χ4n) is 1.50. The van der Waals surface area contributed by atoms with Crippen molar-refractivity contribution in [3.05, 3.63) is 36.0 Å². The van der Waals surface area contributed by atoms with Gasteiger partial charge in [-0.05, 0) is 18.6 Å². The summed E-state index contributed by atoms with van der Waals surface area (Å²) in [5, 5.41) is 0.977. The minimum Gasteiger partial charge on any atom is -0.462 e. The Morgan fingerprint density at radius 3 is 3.19 bits per heavy atom. The number of fused-ring (bicyclic) bond motifs is 1. The van der Waals surface area contributed by atoms with Crippen LogP contribution in [0.25, 0.3) is 10.9 Å². The Balaban J connectivity index is 2.10. The average Bonchev–Trinajstić information content (AvgIpc) is 2.76. The lowest BCUT2D eigenvalue weighted by Gasteiger charge is -2.03. The molecular weight excluding hydrogens is 202 g/mol. The second-order valence-corrected chi connectivity index (χ2v) is 3.68. The fourth-order valence-corrected chi connectivity index (χ4v) is 1.50. The summed E-state index contributed by atoms with van der Waals surface area (Å²) in [5.74, 6) is -0.259. The molecule has 0 saturated heterocycles. The molecule has 83 valence electrons. The van der Waals surface area contributed by atoms with Crippen LogP contribution in [-0.2, 0) is 4.74 Å². The summed E-state index contributed by atoms with van der Waals surface area (Å²) < 4.78 is 5.13. The number of ether oxygens (including phenoxy) is 1. The van der Waals surface area contributed by atoms with Crippen molar-refractivity contribution in [2.75, 3.05) is 6.61 Å². The van der Waals surface area contributed by atoms with Crippen LogP contribution < -0.4 is 0 Å². The van der Waals surface area contributed by atoms with Crippen LogP contribution in [-0.4, -0.2) is 17.6 Å². The molecule has 0 bridgehead atoms. The Morgan fingerprint density at radius 1 is 1.50 bits per heavy atom. The van der Waals surface area contributed by atoms with Crippen LogP contribution in [0.4, 0.5) is 0 Å². The van der Waals surface area contributed by atoms with Crippen LogP contribution in [0.2, 0.25) is 0 Å². The number of rotatable bonds is 4. The molecule has 0 aliphatic carbocycles. The monoisotopic (exact) mass is 216 g/mol. The molecule has 0 spiro atoms. The molecule has 1 heterocycles. The first kappa shape index (κ1) is 10.7. The van der Waals surface area contributed by atoms with Crippen molar-refractivity contribution in [2.45, 2.75) is 19.8 Å². The van der Waals surface area contributed by atoms with Crippen molar-refractivity contribution in [1.82, 2.24) is 4.98 Å². The molecule has 0 atom stereocenters. The number of carbonyl (C=O) groups excluding carboxylic acids is 1. The van der Waals surface area contributed by atoms with Gasteiger partial charge in [0.2, 0.25) is 0 Å². The number of esters is 1. The zero-order valence-corrected chi connectivity index (χ0v) is 9.25. The van der Waals surface area contributed by atoms with E-state index in [0.717, 1.165) is 23.7 Å². The van der Waals surface area contributed by atoms with Crippen LogP contribution in [0.3, 0.4) is 0 Å². The van der Waals surface area contributed by atoms with E-state index in [1.54, 1.807) is 18.3 Å². The van der Waals surface area contributed by atoms with Gasteiger partial charge in [0.05, 0.1) is 12.2 Å². The van der Waals surface area contributed by atoms with Gasteiger partial charge in [-0.15, -0.1) is 0 Å². The Labute approximate surface area is 94.4 Å². The van der Waals surface area contributed by atoms with E-state index in [9.17, 15) is 4.79 Å². The molecule has 0 aliphatic heterocycles. The lowest BCUT2D eigenvalue weighted by molar-refractivity contribution is 0.0500. The molecule has 2 aromatic rings. The number of benzene rings is 1. The minimum absolute atomic E-state index is 0.259. The maximum absolute atomic E-state index is 11.6. The minimum atomic E-state index is -0.259. The van der Waals surface area contributed by atoms with Gasteiger partial charge < -0.3 is 9.72 Å². The summed E-state index contributed by atoms with van der Waals surface area (Å²) in [7, 11) is 0. The van der Waals surface area contributed by atoms with Gasteiger partial charge in [0, 0.05) is 23.2 Å². The smallest absolute Gasteiger partial charge is 0.338 e. The molecule has 0 unspecified atom stereocenters. The molecule has 1 aromatic carbocycles. The van der Waals surface area contributed by atoms with Crippen LogP contribution >= 0.6 is 0 Å². The first-order valence-electron chi connectivity index (χ1n) is 5.47. The van der Waals surface area contributed by atoms with Gasteiger partial charge in [0.15, 0.2) is 0 Å². The molecule has 3 nitrogen and oxygen atoms in total. The molecule has 1 aromatic heterocycles. The Kier molecular flexibility index (Phi) is 3.25. The third-order valence-corrected chi connectivity index (χ3v) is 2.44. The summed E-state index contributed by atoms with van der Waals surface area (Å²) in [6.45, 7) is 2.55. The van der Waals surface area contributed by atoms with Gasteiger partial charge in [-0.2, -0.15) is 0 Å². The topological polar surface area (TPSA) is 42.1 Å². The molecule has 0 aliphatic rings. The van der Waals surface area contributed by atoms with E-state index in [0.29, 0.717) is 12.2 Å². The van der Waals surface area contributed by atoms with E-state index in [1.807, 2.05) is 6.07 Å². The molecule has 0 fully saturated rings. The van der Waals surface area contributed by atoms with E-state index in [-0.39, 0.29) is 5.97 Å². The zero-order valence-electron chi connectivity index (χ0n) is 9.25. The fraction of sp³-hybridized carbons (Fsp3) is 0.308. The van der Waals surface area contributed by atoms with E-state index in [2.05, 4.69) is 18.0 Å². The normalized spacial score (nSPS) is 10.6. The van der Waals surface area contributed by atoms with Crippen molar-refractivity contribution in [3.63, 3.8) is 0 Å². The standard InChI is InChI=1S/C13H14NO2/c1-2-3-8-16-13(15)11-5-4-10-6-7-14-12(10)9-11/h4-5,7,9,14H,2-3,8H2,1H3. The molecule has 0 saturated carbocycles. The first-order valence-corrected chi connectivity index (χ1v) is 5.47. The van der Waals surface area contributed by atoms with Crippen LogP contribution in [0, 0.1) is 6.07 Å². The molecular formula is C13H14NO2. The molecule has 1 N–H and O–H groups in total. The number of unbranched alkanes of at least 4 members (excludes halogenated alkanes) is 1. The van der Waals surface area contributed by atoms with E-state index >= 15 is 0 Å². The van der Waals surface area contributed by atoms with Gasteiger partial charge >= 0.3 is 5.97 Å². The number of hydrogen-bond acceptors (Lipinski definition) is 2. The summed E-state index contributed by atoms with van der Waals surface area (Å²) in [4.78, 5) is 14.7. The average molecular weight is 216 g/mol. The number of aromatic nitrogens is 1. The predicted octanol–water partition coefficient (Wildman–Crippen LogP) is 2.92. The highest BCUT2D eigenvalue weighted by atomic mass is 16.5. The van der Waals surface area contributed by atoms with Crippen molar-refractivity contribution in [3.8, 4) is 0 Å². The van der Waals surface area contributed by atoms with Crippen molar-refractivity contribution in [2.24, 2.45) is 0 Å². The van der Waals surface area contributed by atoms with Gasteiger partial charge in [-0.3, -0.25) is 0 Å². The highest BCUT2D eigenvalue weighted by molar-refractivity contribution is 5.94. The number of hydrogen-bond donors (Lipinski definition) is 1. The second kappa shape index (κ2) is 4.84. The van der Waals surface area contributed by atoms with Crippen molar-refractivity contribution in [1.29, 1.82) is 0 Å². The summed E-state index contributed by atoms with van der Waals surface area (Å²) >= 11 is 0. The maximum atomic E-state index is 11.6. The highest BCUT2D eigenvalue weighted by Gasteiger charge is 2.07. The van der Waals surface area contributed by atoms with Crippen LogP contribution in [0.15, 0.2) is 24.4 Å². The van der Waals surface area contributed by atoms with Crippen molar-refractivity contribution < 1.29 is 9.53 Å². The molecule has 1 radical (unpaired) electrons. The lowest BCUT2D eigenvalue weighted by atomic mass is 10.2. The number of aromatic amines is 1. The SMILES string of the molecule is CCCCOC(=O)c1ccc2[c]c[nH]c2c1. The van der Waals surface area contributed by atoms with Crippen molar-refractivity contribution >= 4 is 16.9 Å². The van der Waals surface area contributed by atoms with Gasteiger partial charge in [-0.25, -0.2) is 4.79 Å². The highest BCUT2D eigenvalue weighted by Crippen LogP contribution is 2.14. The summed E-state index contributed by atoms with van der Waals surface area (Å²) in [6, 6.07) is 8.45. The quantitative estimate of drug-likeness (QED) is 0.630. The number of nitrogens with one attached hydrogen (secondary N) is 1. The van der Waals surface area contributed by atoms with Crippen LogP contribution in [0.5, 0.6) is 0 Å². The second-order valence-electron chi connectivity index (χ2n) is 3.68. The largest absolute Gasteiger partial charge is 0.462 e. The Hall–Kier alpha value is -1.77. The lowest BCUT2D eigenvalue weighted by Crippen LogP contribution is -2.06. The number of H-pyrrole nitrogens is 1. The predicted molar refractivity (Wildman–Crippen MR) is 62.3 cm³/mol. The molecule has 0 amide bonds. The molecule has 16 heavy (non-hydrogen) atoms. The summed E-state index contributed by atoms with van der Waals surface area (Å²) in [6.07, 6.45) is 3.67. The van der Waals surface area contributed by atoms with Gasteiger partial charge in [0.1, 0.15) is 0 Å². The first-order chi connectivity index (χ1) is 7.81. The van der Waals surface area contributed by atoms with E-state index in [4.69, 9.17) is 4.74 Å². The Bertz CT molecular complexity index is 487. The third-order valence-electron chi connectivity index (χ3n) is 2.44. The third kappa shape index (κ3) is 2.24. The number of carbonyl (C=O) groups is 1. The zero-order chi connectivity index (χ0) is 11.4. The van der Waals surface area contributed by atoms with Gasteiger partial charge in [0.25, 0.3) is 0 Å². The van der Waals surface area contributed by atoms with E-state index in [1.165, 1.54) is 0 Å². The molecule has 2 rings (SSSR count). The maximum Gasteiger partial charge on any atom is 0.338 e. The van der Waals surface area contributed by atoms with Gasteiger partial charge in [-0.1, -0.05) is 19.4 Å². The van der Waals surface area contributed by atoms with Crippen LogP contribution in [0.1, 0.15) is 30.1 Å². The summed E-state index contributed by atoms with van der Waals surface area (Å²) in [5.41, 5.74) is 1.49. The van der Waals surface area contributed by atoms with E-state index < -0.39 is 0 Å². The molecule has 3 heteroatoms.